The van der Waals surface area contributed by atoms with Gasteiger partial charge in [0.15, 0.2) is 5.82 Å². The zero-order valence-electron chi connectivity index (χ0n) is 17.4. The molecule has 0 unspecified atom stereocenters. The average molecular weight is 414 g/mol. The van der Waals surface area contributed by atoms with E-state index in [0.717, 1.165) is 67.6 Å². The summed E-state index contributed by atoms with van der Waals surface area (Å²) >= 11 is 1.65. The summed E-state index contributed by atoms with van der Waals surface area (Å²) in [4.78, 5) is 35.2. The normalized spacial score (nSPS) is 16.4. The zero-order valence-corrected chi connectivity index (χ0v) is 18.2. The number of hydrogen-bond donors (Lipinski definition) is 2. The lowest BCUT2D eigenvalue weighted by Gasteiger charge is -2.31. The van der Waals surface area contributed by atoms with Crippen molar-refractivity contribution < 1.29 is 4.90 Å². The van der Waals surface area contributed by atoms with Gasteiger partial charge in [-0.15, -0.1) is 11.3 Å². The Morgan fingerprint density at radius 2 is 2.00 bits per heavy atom. The molecule has 8 heteroatoms. The predicted molar refractivity (Wildman–Crippen MR) is 117 cm³/mol. The molecule has 0 saturated carbocycles. The van der Waals surface area contributed by atoms with Crippen LogP contribution in [0.1, 0.15) is 36.5 Å². The van der Waals surface area contributed by atoms with E-state index < -0.39 is 0 Å². The fourth-order valence-electron chi connectivity index (χ4n) is 3.93. The molecule has 3 aromatic rings. The van der Waals surface area contributed by atoms with Gasteiger partial charge in [-0.3, -0.25) is 4.79 Å². The van der Waals surface area contributed by atoms with Crippen LogP contribution in [0.5, 0.6) is 0 Å². The number of rotatable bonds is 6. The van der Waals surface area contributed by atoms with E-state index in [-0.39, 0.29) is 5.56 Å². The Balaban J connectivity index is 1.47. The Morgan fingerprint density at radius 3 is 2.69 bits per heavy atom. The Bertz CT molecular complexity index is 1020. The topological polar surface area (TPSA) is 79.2 Å². The first-order valence-electron chi connectivity index (χ1n) is 10.4. The van der Waals surface area contributed by atoms with Crippen LogP contribution in [0.15, 0.2) is 23.3 Å². The van der Waals surface area contributed by atoms with E-state index in [9.17, 15) is 4.79 Å². The number of piperazine rings is 1. The van der Waals surface area contributed by atoms with E-state index in [1.165, 1.54) is 15.3 Å². The van der Waals surface area contributed by atoms with Crippen molar-refractivity contribution in [2.75, 3.05) is 31.1 Å². The molecule has 2 N–H and O–H groups in total. The quantitative estimate of drug-likeness (QED) is 0.641. The second-order valence-electron chi connectivity index (χ2n) is 8.01. The molecule has 4 rings (SSSR count). The van der Waals surface area contributed by atoms with Crippen molar-refractivity contribution >= 4 is 27.5 Å². The zero-order chi connectivity index (χ0) is 20.4. The van der Waals surface area contributed by atoms with Crippen LogP contribution >= 0.6 is 11.3 Å². The third-order valence-electron chi connectivity index (χ3n) is 5.88. The second kappa shape index (κ2) is 8.59. The molecular weight excluding hydrogens is 384 g/mol. The number of anilines is 1. The third kappa shape index (κ3) is 4.33. The van der Waals surface area contributed by atoms with E-state index in [0.29, 0.717) is 5.92 Å². The third-order valence-corrected chi connectivity index (χ3v) is 6.93. The number of thiophene rings is 1. The van der Waals surface area contributed by atoms with Crippen LogP contribution in [-0.4, -0.2) is 46.1 Å². The number of hydrogen-bond acceptors (Lipinski definition) is 6. The number of fused-ring (bicyclic) bond motifs is 1. The maximum atomic E-state index is 12.9. The van der Waals surface area contributed by atoms with Crippen LogP contribution in [0.4, 0.5) is 5.95 Å². The fraction of sp³-hybridized carbons (Fsp3) is 0.524. The van der Waals surface area contributed by atoms with Gasteiger partial charge in [0.2, 0.25) is 5.95 Å². The molecule has 1 fully saturated rings. The molecule has 4 heterocycles. The molecule has 1 saturated heterocycles. The van der Waals surface area contributed by atoms with E-state index in [4.69, 9.17) is 4.98 Å². The smallest absolute Gasteiger partial charge is 0.260 e. The summed E-state index contributed by atoms with van der Waals surface area (Å²) in [5.74, 6) is 2.15. The van der Waals surface area contributed by atoms with Gasteiger partial charge < -0.3 is 14.8 Å². The van der Waals surface area contributed by atoms with E-state index in [1.54, 1.807) is 23.7 Å². The highest BCUT2D eigenvalue weighted by Gasteiger charge is 2.23. The van der Waals surface area contributed by atoms with Crippen LogP contribution in [0.3, 0.4) is 0 Å². The molecule has 1 aliphatic heterocycles. The maximum Gasteiger partial charge on any atom is 0.260 e. The number of nitrogens with one attached hydrogen (secondary N) is 2. The minimum absolute atomic E-state index is 0.0170. The highest BCUT2D eigenvalue weighted by Crippen LogP contribution is 2.29. The van der Waals surface area contributed by atoms with Crippen molar-refractivity contribution in [2.45, 2.75) is 40.2 Å². The van der Waals surface area contributed by atoms with Crippen molar-refractivity contribution in [2.24, 2.45) is 5.92 Å². The van der Waals surface area contributed by atoms with Crippen LogP contribution in [0.25, 0.3) is 10.2 Å². The summed E-state index contributed by atoms with van der Waals surface area (Å²) in [5, 5.41) is 0.803. The highest BCUT2D eigenvalue weighted by molar-refractivity contribution is 7.18. The van der Waals surface area contributed by atoms with Crippen molar-refractivity contribution in [3.63, 3.8) is 0 Å². The highest BCUT2D eigenvalue weighted by atomic mass is 32.1. The van der Waals surface area contributed by atoms with Gasteiger partial charge in [0.05, 0.1) is 31.6 Å². The number of aryl methyl sites for hydroxylation is 1. The Morgan fingerprint density at radius 1 is 1.28 bits per heavy atom. The van der Waals surface area contributed by atoms with E-state index in [2.05, 4.69) is 40.6 Å². The minimum atomic E-state index is 0.0170. The van der Waals surface area contributed by atoms with Gasteiger partial charge in [-0.1, -0.05) is 20.3 Å². The fourth-order valence-corrected chi connectivity index (χ4v) is 5.01. The Kier molecular flexibility index (Phi) is 5.91. The van der Waals surface area contributed by atoms with Gasteiger partial charge in [-0.25, -0.2) is 15.0 Å². The molecule has 3 aromatic heterocycles. The molecule has 1 aliphatic rings. The summed E-state index contributed by atoms with van der Waals surface area (Å²) < 4.78 is 0. The van der Waals surface area contributed by atoms with Crippen molar-refractivity contribution in [3.05, 3.63) is 45.1 Å². The predicted octanol–water partition coefficient (Wildman–Crippen LogP) is 1.58. The summed E-state index contributed by atoms with van der Waals surface area (Å²) in [6.45, 7) is 11.0. The molecule has 0 amide bonds. The van der Waals surface area contributed by atoms with Crippen molar-refractivity contribution in [3.8, 4) is 0 Å². The van der Waals surface area contributed by atoms with Gasteiger partial charge in [-0.2, -0.15) is 0 Å². The van der Waals surface area contributed by atoms with Gasteiger partial charge in [0.1, 0.15) is 11.4 Å². The Hall–Kier alpha value is -2.32. The lowest BCUT2D eigenvalue weighted by molar-refractivity contribution is -0.915. The van der Waals surface area contributed by atoms with Crippen LogP contribution in [-0.2, 0) is 13.0 Å². The molecule has 154 valence electrons. The van der Waals surface area contributed by atoms with E-state index in [1.807, 2.05) is 6.07 Å². The SMILES string of the molecule is CC[C@@H](C)Cc1c(C)sc2nc(C[NH+]3CCN(c4ncccn4)CC3)[nH]c(=O)c12. The Labute approximate surface area is 174 Å². The number of nitrogens with zero attached hydrogens (tertiary/aromatic N) is 4. The standard InChI is InChI=1S/C21H28N6OS/c1-4-14(2)12-16-15(3)29-20-18(16)19(28)24-17(25-20)13-26-8-10-27(11-9-26)21-22-6-5-7-23-21/h5-7,14H,4,8-13H2,1-3H3,(H,24,25,28)/p+1/t14-/m1/s1. The monoisotopic (exact) mass is 413 g/mol. The second-order valence-corrected chi connectivity index (χ2v) is 9.21. The minimum Gasteiger partial charge on any atom is -0.330 e. The molecule has 0 bridgehead atoms. The lowest BCUT2D eigenvalue weighted by atomic mass is 9.98. The summed E-state index contributed by atoms with van der Waals surface area (Å²) in [6, 6.07) is 1.84. The van der Waals surface area contributed by atoms with Crippen molar-refractivity contribution in [1.29, 1.82) is 0 Å². The molecule has 0 radical (unpaired) electrons. The number of H-pyrrole nitrogens is 1. The van der Waals surface area contributed by atoms with Gasteiger partial charge in [-0.05, 0) is 30.9 Å². The lowest BCUT2D eigenvalue weighted by Crippen LogP contribution is -3.13. The molecular formula is C21H29N6OS+. The molecule has 0 aromatic carbocycles. The van der Waals surface area contributed by atoms with Gasteiger partial charge in [0, 0.05) is 17.3 Å². The number of aromatic nitrogens is 4. The van der Waals surface area contributed by atoms with Gasteiger partial charge in [0.25, 0.3) is 5.56 Å². The number of aromatic amines is 1. The molecule has 7 nitrogen and oxygen atoms in total. The average Bonchev–Trinajstić information content (AvgIpc) is 3.04. The first kappa shape index (κ1) is 20.0. The van der Waals surface area contributed by atoms with Crippen LogP contribution < -0.4 is 15.4 Å². The summed E-state index contributed by atoms with van der Waals surface area (Å²) in [7, 11) is 0. The molecule has 0 spiro atoms. The van der Waals surface area contributed by atoms with Crippen LogP contribution in [0.2, 0.25) is 0 Å². The summed E-state index contributed by atoms with van der Waals surface area (Å²) in [6.07, 6.45) is 5.62. The molecule has 29 heavy (non-hydrogen) atoms. The first-order valence-corrected chi connectivity index (χ1v) is 11.2. The first-order chi connectivity index (χ1) is 14.0. The number of quaternary nitrogens is 1. The van der Waals surface area contributed by atoms with Crippen LogP contribution in [0, 0.1) is 12.8 Å². The molecule has 0 aliphatic carbocycles. The summed E-state index contributed by atoms with van der Waals surface area (Å²) in [5.41, 5.74) is 1.20. The van der Waals surface area contributed by atoms with Gasteiger partial charge >= 0.3 is 0 Å². The maximum absolute atomic E-state index is 12.9. The van der Waals surface area contributed by atoms with E-state index >= 15 is 0 Å². The van der Waals surface area contributed by atoms with Crippen molar-refractivity contribution in [1.82, 2.24) is 19.9 Å². The molecule has 1 atom stereocenters. The largest absolute Gasteiger partial charge is 0.330 e.